The maximum Gasteiger partial charge on any atom is 0.209 e. The van der Waals surface area contributed by atoms with E-state index in [0.717, 1.165) is 12.8 Å². The molecule has 0 spiro atoms. The molecule has 1 rings (SSSR count). The van der Waals surface area contributed by atoms with Gasteiger partial charge in [-0.1, -0.05) is 26.2 Å². The molecule has 0 aromatic heterocycles. The summed E-state index contributed by atoms with van der Waals surface area (Å²) in [6.07, 6.45) is 6.89. The molecule has 0 radical (unpaired) electrons. The summed E-state index contributed by atoms with van der Waals surface area (Å²) >= 11 is 0. The minimum atomic E-state index is -3.33. The zero-order chi connectivity index (χ0) is 12.0. The van der Waals surface area contributed by atoms with Gasteiger partial charge < -0.3 is 4.74 Å². The predicted molar refractivity (Wildman–Crippen MR) is 64.6 cm³/mol. The summed E-state index contributed by atoms with van der Waals surface area (Å²) in [5.41, 5.74) is 0. The molecule has 0 heterocycles. The van der Waals surface area contributed by atoms with Crippen molar-refractivity contribution in [2.75, 3.05) is 12.4 Å². The first-order valence-corrected chi connectivity index (χ1v) is 7.86. The van der Waals surface area contributed by atoms with E-state index in [0.29, 0.717) is 25.0 Å². The van der Waals surface area contributed by atoms with Crippen LogP contribution in [0, 0.1) is 5.92 Å². The average molecular weight is 249 g/mol. The van der Waals surface area contributed by atoms with Crippen LogP contribution in [0.2, 0.25) is 0 Å². The number of primary sulfonamides is 1. The van der Waals surface area contributed by atoms with Crippen molar-refractivity contribution >= 4 is 10.0 Å². The Morgan fingerprint density at radius 2 is 2.00 bits per heavy atom. The molecule has 16 heavy (non-hydrogen) atoms. The Labute approximate surface area is 98.6 Å². The fraction of sp³-hybridized carbons (Fsp3) is 1.00. The molecule has 1 aliphatic rings. The van der Waals surface area contributed by atoms with E-state index in [1.807, 2.05) is 0 Å². The maximum atomic E-state index is 10.7. The lowest BCUT2D eigenvalue weighted by molar-refractivity contribution is -0.0113. The van der Waals surface area contributed by atoms with E-state index in [1.165, 1.54) is 19.3 Å². The van der Waals surface area contributed by atoms with Gasteiger partial charge in [-0.25, -0.2) is 13.6 Å². The molecule has 1 fully saturated rings. The van der Waals surface area contributed by atoms with Crippen LogP contribution < -0.4 is 5.14 Å². The monoisotopic (exact) mass is 249 g/mol. The summed E-state index contributed by atoms with van der Waals surface area (Å²) in [6.45, 7) is 2.70. The normalized spacial score (nSPS) is 26.9. The van der Waals surface area contributed by atoms with Crippen molar-refractivity contribution in [1.29, 1.82) is 0 Å². The SMILES string of the molecule is CCC1CCCCC1OCCCS(N)(=O)=O. The zero-order valence-corrected chi connectivity index (χ0v) is 10.8. The van der Waals surface area contributed by atoms with Gasteiger partial charge in [-0.3, -0.25) is 0 Å². The standard InChI is InChI=1S/C11H23NO3S/c1-2-10-6-3-4-7-11(10)15-8-5-9-16(12,13)14/h10-11H,2-9H2,1H3,(H2,12,13,14). The molecule has 2 atom stereocenters. The Morgan fingerprint density at radius 1 is 1.31 bits per heavy atom. The van der Waals surface area contributed by atoms with Gasteiger partial charge in [-0.05, 0) is 25.2 Å². The number of hydrogen-bond donors (Lipinski definition) is 1. The van der Waals surface area contributed by atoms with Crippen molar-refractivity contribution in [2.24, 2.45) is 11.1 Å². The summed E-state index contributed by atoms with van der Waals surface area (Å²) in [6, 6.07) is 0. The molecule has 0 aliphatic heterocycles. The fourth-order valence-electron chi connectivity index (χ4n) is 2.35. The van der Waals surface area contributed by atoms with Crippen molar-refractivity contribution < 1.29 is 13.2 Å². The first kappa shape index (κ1) is 13.9. The third-order valence-electron chi connectivity index (χ3n) is 3.27. The number of hydrogen-bond acceptors (Lipinski definition) is 3. The second-order valence-electron chi connectivity index (χ2n) is 4.58. The Bertz CT molecular complexity index is 290. The average Bonchev–Trinajstić information content (AvgIpc) is 2.23. The Morgan fingerprint density at radius 3 is 2.62 bits per heavy atom. The molecule has 0 aromatic carbocycles. The number of sulfonamides is 1. The molecule has 0 saturated heterocycles. The minimum Gasteiger partial charge on any atom is -0.378 e. The van der Waals surface area contributed by atoms with Gasteiger partial charge >= 0.3 is 0 Å². The molecule has 5 heteroatoms. The minimum absolute atomic E-state index is 0.0243. The molecule has 1 aliphatic carbocycles. The van der Waals surface area contributed by atoms with Crippen LogP contribution in [-0.4, -0.2) is 26.9 Å². The third kappa shape index (κ3) is 5.27. The predicted octanol–water partition coefficient (Wildman–Crippen LogP) is 1.65. The van der Waals surface area contributed by atoms with Crippen molar-refractivity contribution in [2.45, 2.75) is 51.6 Å². The summed E-state index contributed by atoms with van der Waals surface area (Å²) in [4.78, 5) is 0. The first-order chi connectivity index (χ1) is 7.53. The fourth-order valence-corrected chi connectivity index (χ4v) is 2.88. The summed E-state index contributed by atoms with van der Waals surface area (Å²) in [7, 11) is -3.33. The van der Waals surface area contributed by atoms with Crippen molar-refractivity contribution in [3.8, 4) is 0 Å². The maximum absolute atomic E-state index is 10.7. The quantitative estimate of drug-likeness (QED) is 0.728. The lowest BCUT2D eigenvalue weighted by Crippen LogP contribution is -2.28. The van der Waals surface area contributed by atoms with Crippen LogP contribution >= 0.6 is 0 Å². The first-order valence-electron chi connectivity index (χ1n) is 6.15. The highest BCUT2D eigenvalue weighted by molar-refractivity contribution is 7.89. The van der Waals surface area contributed by atoms with Crippen LogP contribution in [0.4, 0.5) is 0 Å². The molecule has 2 N–H and O–H groups in total. The highest BCUT2D eigenvalue weighted by atomic mass is 32.2. The summed E-state index contributed by atoms with van der Waals surface area (Å²) in [5.74, 6) is 0.680. The van der Waals surface area contributed by atoms with E-state index >= 15 is 0 Å². The van der Waals surface area contributed by atoms with Crippen LogP contribution in [0.1, 0.15) is 45.4 Å². The van der Waals surface area contributed by atoms with Gasteiger partial charge in [0.05, 0.1) is 11.9 Å². The van der Waals surface area contributed by atoms with Crippen LogP contribution in [0.25, 0.3) is 0 Å². The highest BCUT2D eigenvalue weighted by Gasteiger charge is 2.23. The van der Waals surface area contributed by atoms with Gasteiger partial charge in [0.15, 0.2) is 0 Å². The second kappa shape index (κ2) is 6.57. The number of rotatable bonds is 6. The zero-order valence-electron chi connectivity index (χ0n) is 10.0. The van der Waals surface area contributed by atoms with E-state index in [9.17, 15) is 8.42 Å². The van der Waals surface area contributed by atoms with Gasteiger partial charge in [0.25, 0.3) is 0 Å². The van der Waals surface area contributed by atoms with Gasteiger partial charge in [0.1, 0.15) is 0 Å². The smallest absolute Gasteiger partial charge is 0.209 e. The molecule has 0 bridgehead atoms. The molecular weight excluding hydrogens is 226 g/mol. The topological polar surface area (TPSA) is 69.4 Å². The third-order valence-corrected chi connectivity index (χ3v) is 4.13. The van der Waals surface area contributed by atoms with Crippen LogP contribution in [-0.2, 0) is 14.8 Å². The number of ether oxygens (including phenoxy) is 1. The van der Waals surface area contributed by atoms with Gasteiger partial charge in [0.2, 0.25) is 10.0 Å². The lowest BCUT2D eigenvalue weighted by Gasteiger charge is -2.30. The van der Waals surface area contributed by atoms with Crippen LogP contribution in [0.3, 0.4) is 0 Å². The Kier molecular flexibility index (Phi) is 5.72. The molecule has 96 valence electrons. The second-order valence-corrected chi connectivity index (χ2v) is 6.32. The van der Waals surface area contributed by atoms with Gasteiger partial charge in [0, 0.05) is 6.61 Å². The molecule has 0 amide bonds. The van der Waals surface area contributed by atoms with Crippen LogP contribution in [0.5, 0.6) is 0 Å². The van der Waals surface area contributed by atoms with E-state index in [-0.39, 0.29) is 5.75 Å². The van der Waals surface area contributed by atoms with E-state index in [2.05, 4.69) is 6.92 Å². The highest BCUT2D eigenvalue weighted by Crippen LogP contribution is 2.29. The summed E-state index contributed by atoms with van der Waals surface area (Å²) < 4.78 is 27.2. The van der Waals surface area contributed by atoms with Crippen molar-refractivity contribution in [1.82, 2.24) is 0 Å². The Hall–Kier alpha value is -0.130. The van der Waals surface area contributed by atoms with E-state index in [1.54, 1.807) is 0 Å². The molecule has 2 unspecified atom stereocenters. The van der Waals surface area contributed by atoms with E-state index in [4.69, 9.17) is 9.88 Å². The lowest BCUT2D eigenvalue weighted by atomic mass is 9.85. The van der Waals surface area contributed by atoms with Crippen molar-refractivity contribution in [3.63, 3.8) is 0 Å². The number of nitrogens with two attached hydrogens (primary N) is 1. The van der Waals surface area contributed by atoms with Crippen LogP contribution in [0.15, 0.2) is 0 Å². The molecule has 0 aromatic rings. The van der Waals surface area contributed by atoms with Gasteiger partial charge in [-0.2, -0.15) is 0 Å². The molecule has 4 nitrogen and oxygen atoms in total. The molecular formula is C11H23NO3S. The molecule has 1 saturated carbocycles. The Balaban J connectivity index is 2.20. The van der Waals surface area contributed by atoms with E-state index < -0.39 is 10.0 Å². The largest absolute Gasteiger partial charge is 0.378 e. The summed E-state index contributed by atoms with van der Waals surface area (Å²) in [5, 5.41) is 4.92. The van der Waals surface area contributed by atoms with Gasteiger partial charge in [-0.15, -0.1) is 0 Å². The van der Waals surface area contributed by atoms with Crippen molar-refractivity contribution in [3.05, 3.63) is 0 Å².